The molecule has 1 aromatic rings. The van der Waals surface area contributed by atoms with Crippen molar-refractivity contribution in [2.75, 3.05) is 0 Å². The van der Waals surface area contributed by atoms with Gasteiger partial charge in [-0.2, -0.15) is 0 Å². The standard InChI is InChI=1S/C15H18O5/c1-9-12-13(20-12)14(19-10(2)16)15(18-9)17-8-11-6-4-3-5-7-11/h3-7,9,12-15H,8H2,1-2H3/t9-,12+,13+,14+,15+/m1/s1. The van der Waals surface area contributed by atoms with Gasteiger partial charge in [0.1, 0.15) is 12.2 Å². The molecule has 3 rings (SSSR count). The number of carbonyl (C=O) groups is 1. The van der Waals surface area contributed by atoms with E-state index in [1.807, 2.05) is 37.3 Å². The molecule has 0 aromatic heterocycles. The molecule has 0 saturated carbocycles. The van der Waals surface area contributed by atoms with Gasteiger partial charge in [0.05, 0.1) is 12.7 Å². The van der Waals surface area contributed by atoms with E-state index in [-0.39, 0.29) is 24.3 Å². The monoisotopic (exact) mass is 278 g/mol. The summed E-state index contributed by atoms with van der Waals surface area (Å²) in [5.41, 5.74) is 1.05. The normalized spacial score (nSPS) is 35.2. The predicted octanol–water partition coefficient (Wildman–Crippen LogP) is 1.65. The zero-order chi connectivity index (χ0) is 14.1. The first-order valence-corrected chi connectivity index (χ1v) is 6.79. The molecule has 2 fully saturated rings. The van der Waals surface area contributed by atoms with Crippen molar-refractivity contribution in [3.63, 3.8) is 0 Å². The zero-order valence-corrected chi connectivity index (χ0v) is 11.5. The fourth-order valence-electron chi connectivity index (χ4n) is 2.50. The van der Waals surface area contributed by atoms with Gasteiger partial charge in [0.15, 0.2) is 12.4 Å². The molecule has 1 aromatic carbocycles. The molecule has 2 saturated heterocycles. The maximum absolute atomic E-state index is 11.2. The van der Waals surface area contributed by atoms with Crippen LogP contribution >= 0.6 is 0 Å². The summed E-state index contributed by atoms with van der Waals surface area (Å²) in [6.07, 6.45) is -1.22. The van der Waals surface area contributed by atoms with E-state index in [2.05, 4.69) is 0 Å². The fourth-order valence-corrected chi connectivity index (χ4v) is 2.50. The number of hydrogen-bond acceptors (Lipinski definition) is 5. The number of rotatable bonds is 4. The summed E-state index contributed by atoms with van der Waals surface area (Å²) in [5, 5.41) is 0. The number of carbonyl (C=O) groups excluding carboxylic acids is 1. The molecule has 2 aliphatic rings. The second-order valence-corrected chi connectivity index (χ2v) is 5.15. The SMILES string of the molecule is CC(=O)O[C@@H]1[C@@H](OCc2ccccc2)O[C@H](C)[C@@H]2O[C@H]12. The molecule has 0 radical (unpaired) electrons. The lowest BCUT2D eigenvalue weighted by Gasteiger charge is -2.31. The summed E-state index contributed by atoms with van der Waals surface area (Å²) in [6, 6.07) is 9.80. The van der Waals surface area contributed by atoms with Crippen LogP contribution in [0.4, 0.5) is 0 Å². The Bertz CT molecular complexity index is 474. The molecule has 108 valence electrons. The number of epoxide rings is 1. The molecule has 0 amide bonds. The lowest BCUT2D eigenvalue weighted by atomic mass is 10.1. The molecule has 20 heavy (non-hydrogen) atoms. The van der Waals surface area contributed by atoms with Gasteiger partial charge in [0.2, 0.25) is 0 Å². The first kappa shape index (κ1) is 13.5. The van der Waals surface area contributed by atoms with Gasteiger partial charge >= 0.3 is 5.97 Å². The van der Waals surface area contributed by atoms with Gasteiger partial charge in [-0.1, -0.05) is 30.3 Å². The van der Waals surface area contributed by atoms with Crippen LogP contribution in [0.15, 0.2) is 30.3 Å². The van der Waals surface area contributed by atoms with E-state index >= 15 is 0 Å². The highest BCUT2D eigenvalue weighted by Gasteiger charge is 2.58. The topological polar surface area (TPSA) is 57.3 Å². The van der Waals surface area contributed by atoms with Crippen LogP contribution in [0, 0.1) is 0 Å². The predicted molar refractivity (Wildman–Crippen MR) is 69.8 cm³/mol. The van der Waals surface area contributed by atoms with Crippen molar-refractivity contribution in [2.45, 2.75) is 51.2 Å². The van der Waals surface area contributed by atoms with Crippen LogP contribution in [0.2, 0.25) is 0 Å². The van der Waals surface area contributed by atoms with Crippen LogP contribution in [-0.2, 0) is 30.3 Å². The third-order valence-corrected chi connectivity index (χ3v) is 3.52. The molecule has 2 heterocycles. The van der Waals surface area contributed by atoms with Crippen molar-refractivity contribution in [1.29, 1.82) is 0 Å². The largest absolute Gasteiger partial charge is 0.454 e. The second kappa shape index (κ2) is 5.52. The summed E-state index contributed by atoms with van der Waals surface area (Å²) in [6.45, 7) is 3.73. The van der Waals surface area contributed by atoms with E-state index in [9.17, 15) is 4.79 Å². The Morgan fingerprint density at radius 2 is 1.95 bits per heavy atom. The van der Waals surface area contributed by atoms with Crippen molar-refractivity contribution in [1.82, 2.24) is 0 Å². The first-order valence-electron chi connectivity index (χ1n) is 6.79. The summed E-state index contributed by atoms with van der Waals surface area (Å²) in [7, 11) is 0. The van der Waals surface area contributed by atoms with Gasteiger partial charge in [-0.15, -0.1) is 0 Å². The first-order chi connectivity index (χ1) is 9.65. The molecule has 5 atom stereocenters. The maximum Gasteiger partial charge on any atom is 0.303 e. The molecular weight excluding hydrogens is 260 g/mol. The Morgan fingerprint density at radius 1 is 1.20 bits per heavy atom. The molecule has 5 heteroatoms. The van der Waals surface area contributed by atoms with Crippen LogP contribution in [-0.4, -0.2) is 36.7 Å². The summed E-state index contributed by atoms with van der Waals surface area (Å²) >= 11 is 0. The minimum Gasteiger partial charge on any atom is -0.454 e. The minimum atomic E-state index is -0.585. The van der Waals surface area contributed by atoms with Crippen LogP contribution in [0.1, 0.15) is 19.4 Å². The molecule has 0 aliphatic carbocycles. The summed E-state index contributed by atoms with van der Waals surface area (Å²) in [5.74, 6) is -0.351. The van der Waals surface area contributed by atoms with Crippen LogP contribution in [0.3, 0.4) is 0 Å². The minimum absolute atomic E-state index is 0.0101. The van der Waals surface area contributed by atoms with Gasteiger partial charge < -0.3 is 18.9 Å². The Labute approximate surface area is 117 Å². The highest BCUT2D eigenvalue weighted by atomic mass is 16.7. The molecule has 0 unspecified atom stereocenters. The van der Waals surface area contributed by atoms with E-state index in [4.69, 9.17) is 18.9 Å². The van der Waals surface area contributed by atoms with Gasteiger partial charge in [0.25, 0.3) is 0 Å². The average Bonchev–Trinajstić information content (AvgIpc) is 3.22. The number of esters is 1. The molecule has 5 nitrogen and oxygen atoms in total. The molecule has 0 bridgehead atoms. The van der Waals surface area contributed by atoms with E-state index in [1.54, 1.807) is 0 Å². The van der Waals surface area contributed by atoms with Crippen molar-refractivity contribution >= 4 is 5.97 Å². The third kappa shape index (κ3) is 2.85. The Kier molecular flexibility index (Phi) is 3.74. The van der Waals surface area contributed by atoms with E-state index < -0.39 is 12.4 Å². The van der Waals surface area contributed by atoms with E-state index in [0.29, 0.717) is 6.61 Å². The van der Waals surface area contributed by atoms with E-state index in [0.717, 1.165) is 5.56 Å². The summed E-state index contributed by atoms with van der Waals surface area (Å²) in [4.78, 5) is 11.2. The van der Waals surface area contributed by atoms with Crippen LogP contribution in [0.25, 0.3) is 0 Å². The fraction of sp³-hybridized carbons (Fsp3) is 0.533. The number of hydrogen-bond donors (Lipinski definition) is 0. The average molecular weight is 278 g/mol. The van der Waals surface area contributed by atoms with Crippen LogP contribution in [0.5, 0.6) is 0 Å². The number of ether oxygens (including phenoxy) is 4. The Balaban J connectivity index is 1.64. The van der Waals surface area contributed by atoms with Crippen molar-refractivity contribution in [3.8, 4) is 0 Å². The Hall–Kier alpha value is -1.43. The van der Waals surface area contributed by atoms with Gasteiger partial charge in [-0.3, -0.25) is 4.79 Å². The number of benzene rings is 1. The molecule has 0 N–H and O–H groups in total. The highest BCUT2D eigenvalue weighted by molar-refractivity contribution is 5.66. The molecule has 0 spiro atoms. The van der Waals surface area contributed by atoms with Gasteiger partial charge in [-0.05, 0) is 12.5 Å². The second-order valence-electron chi connectivity index (χ2n) is 5.15. The zero-order valence-electron chi connectivity index (χ0n) is 11.5. The van der Waals surface area contributed by atoms with Crippen LogP contribution < -0.4 is 0 Å². The third-order valence-electron chi connectivity index (χ3n) is 3.52. The molecule has 2 aliphatic heterocycles. The van der Waals surface area contributed by atoms with Crippen molar-refractivity contribution in [3.05, 3.63) is 35.9 Å². The smallest absolute Gasteiger partial charge is 0.303 e. The lowest BCUT2D eigenvalue weighted by molar-refractivity contribution is -0.239. The number of fused-ring (bicyclic) bond motifs is 1. The Morgan fingerprint density at radius 3 is 2.65 bits per heavy atom. The quantitative estimate of drug-likeness (QED) is 0.619. The van der Waals surface area contributed by atoms with E-state index in [1.165, 1.54) is 6.92 Å². The summed E-state index contributed by atoms with van der Waals surface area (Å²) < 4.78 is 22.3. The highest BCUT2D eigenvalue weighted by Crippen LogP contribution is 2.39. The lowest BCUT2D eigenvalue weighted by Crippen LogP contribution is -2.47. The van der Waals surface area contributed by atoms with Gasteiger partial charge in [0, 0.05) is 6.92 Å². The van der Waals surface area contributed by atoms with Crippen molar-refractivity contribution in [2.24, 2.45) is 0 Å². The molecular formula is C15H18O5. The van der Waals surface area contributed by atoms with Crippen molar-refractivity contribution < 1.29 is 23.7 Å². The van der Waals surface area contributed by atoms with Gasteiger partial charge in [-0.25, -0.2) is 0 Å². The maximum atomic E-state index is 11.2.